The normalized spacial score (nSPS) is 12.8. The lowest BCUT2D eigenvalue weighted by Gasteiger charge is -2.39. The SMILES string of the molecule is CCCCCCCCCCCCCCCCCC[N+](C)(C)Cc1ccc(C(CCCCCCCCCCCC)[N+](C)(C)CCCCCCCCCCCCCCCCCC)cc1. The molecule has 0 aliphatic heterocycles. The number of unbranched alkanes of at least 4 members (excludes halogenated alkanes) is 39. The first-order valence-electron chi connectivity index (χ1n) is 29.0. The Morgan fingerprint density at radius 3 is 0.871 bits per heavy atom. The Hall–Kier alpha value is -0.860. The predicted octanol–water partition coefficient (Wildman–Crippen LogP) is 20.2. The van der Waals surface area contributed by atoms with Crippen molar-refractivity contribution in [1.82, 2.24) is 0 Å². The third-order valence-corrected chi connectivity index (χ3v) is 14.9. The molecule has 1 aromatic rings. The highest BCUT2D eigenvalue weighted by molar-refractivity contribution is 5.24. The zero-order valence-electron chi connectivity index (χ0n) is 44.3. The Labute approximate surface area is 393 Å². The van der Waals surface area contributed by atoms with Gasteiger partial charge in [-0.15, -0.1) is 0 Å². The number of quaternary nitrogens is 2. The highest BCUT2D eigenvalue weighted by atomic mass is 15.3. The van der Waals surface area contributed by atoms with Gasteiger partial charge in [0.05, 0.1) is 41.3 Å². The van der Waals surface area contributed by atoms with Gasteiger partial charge in [0.2, 0.25) is 0 Å². The Kier molecular flexibility index (Phi) is 40.8. The highest BCUT2D eigenvalue weighted by Gasteiger charge is 2.29. The molecule has 0 bridgehead atoms. The van der Waals surface area contributed by atoms with E-state index in [2.05, 4.69) is 73.2 Å². The van der Waals surface area contributed by atoms with Gasteiger partial charge in [-0.2, -0.15) is 0 Å². The minimum atomic E-state index is 0.613. The van der Waals surface area contributed by atoms with Gasteiger partial charge in [0.1, 0.15) is 12.6 Å². The summed E-state index contributed by atoms with van der Waals surface area (Å²) in [5.41, 5.74) is 3.12. The molecule has 0 spiro atoms. The molecule has 2 heteroatoms. The van der Waals surface area contributed by atoms with E-state index in [0.29, 0.717) is 6.04 Å². The summed E-state index contributed by atoms with van der Waals surface area (Å²) in [5, 5.41) is 0. The van der Waals surface area contributed by atoms with Crippen LogP contribution in [-0.4, -0.2) is 50.2 Å². The van der Waals surface area contributed by atoms with Crippen LogP contribution in [0.4, 0.5) is 0 Å². The summed E-state index contributed by atoms with van der Waals surface area (Å²) in [5.74, 6) is 0. The maximum absolute atomic E-state index is 2.55. The lowest BCUT2D eigenvalue weighted by Crippen LogP contribution is -2.44. The van der Waals surface area contributed by atoms with E-state index in [9.17, 15) is 0 Å². The van der Waals surface area contributed by atoms with Crippen LogP contribution >= 0.6 is 0 Å². The zero-order chi connectivity index (χ0) is 45.1. The minimum Gasteiger partial charge on any atom is -0.325 e. The summed E-state index contributed by atoms with van der Waals surface area (Å²) < 4.78 is 2.26. The van der Waals surface area contributed by atoms with Gasteiger partial charge in [-0.25, -0.2) is 0 Å². The molecule has 0 saturated carbocycles. The summed E-state index contributed by atoms with van der Waals surface area (Å²) in [7, 11) is 10.0. The first-order valence-corrected chi connectivity index (χ1v) is 29.0. The Morgan fingerprint density at radius 2 is 0.565 bits per heavy atom. The number of rotatable bonds is 49. The van der Waals surface area contributed by atoms with E-state index in [1.165, 1.54) is 295 Å². The monoisotopic (exact) mass is 867 g/mol. The second-order valence-electron chi connectivity index (χ2n) is 22.2. The van der Waals surface area contributed by atoms with Crippen molar-refractivity contribution in [2.24, 2.45) is 0 Å². The average molecular weight is 868 g/mol. The molecule has 366 valence electrons. The lowest BCUT2D eigenvalue weighted by molar-refractivity contribution is -0.921. The Bertz CT molecular complexity index is 1030. The first kappa shape index (κ1) is 59.2. The van der Waals surface area contributed by atoms with Crippen molar-refractivity contribution >= 4 is 0 Å². The van der Waals surface area contributed by atoms with E-state index in [4.69, 9.17) is 0 Å². The van der Waals surface area contributed by atoms with Gasteiger partial charge in [0, 0.05) is 17.5 Å². The molecule has 0 aliphatic carbocycles. The van der Waals surface area contributed by atoms with Crippen molar-refractivity contribution in [1.29, 1.82) is 0 Å². The predicted molar refractivity (Wildman–Crippen MR) is 282 cm³/mol. The van der Waals surface area contributed by atoms with Gasteiger partial charge in [-0.1, -0.05) is 283 Å². The second-order valence-corrected chi connectivity index (χ2v) is 22.2. The van der Waals surface area contributed by atoms with Gasteiger partial charge in [-0.05, 0) is 32.1 Å². The molecule has 0 radical (unpaired) electrons. The van der Waals surface area contributed by atoms with Crippen LogP contribution in [0.3, 0.4) is 0 Å². The minimum absolute atomic E-state index is 0.613. The third kappa shape index (κ3) is 36.4. The number of hydrogen-bond acceptors (Lipinski definition) is 0. The molecule has 1 unspecified atom stereocenters. The summed E-state index contributed by atoms with van der Waals surface area (Å²) in [4.78, 5) is 0. The zero-order valence-corrected chi connectivity index (χ0v) is 44.3. The maximum atomic E-state index is 2.55. The van der Waals surface area contributed by atoms with Crippen molar-refractivity contribution in [2.45, 2.75) is 309 Å². The van der Waals surface area contributed by atoms with Crippen LogP contribution in [0.1, 0.15) is 314 Å². The topological polar surface area (TPSA) is 0 Å². The molecule has 0 aromatic heterocycles. The summed E-state index contributed by atoms with van der Waals surface area (Å²) in [6.45, 7) is 10.7. The van der Waals surface area contributed by atoms with Gasteiger partial charge < -0.3 is 8.97 Å². The van der Waals surface area contributed by atoms with Crippen LogP contribution in [0.5, 0.6) is 0 Å². The van der Waals surface area contributed by atoms with E-state index in [-0.39, 0.29) is 0 Å². The second kappa shape index (κ2) is 42.8. The quantitative estimate of drug-likeness (QED) is 0.0452. The van der Waals surface area contributed by atoms with Crippen LogP contribution in [0.2, 0.25) is 0 Å². The molecule has 1 atom stereocenters. The summed E-state index contributed by atoms with van der Waals surface area (Å²) in [6, 6.07) is 10.7. The van der Waals surface area contributed by atoms with Crippen LogP contribution in [0.25, 0.3) is 0 Å². The van der Waals surface area contributed by atoms with Crippen molar-refractivity contribution in [2.75, 3.05) is 41.3 Å². The van der Waals surface area contributed by atoms with Gasteiger partial charge in [-0.3, -0.25) is 0 Å². The molecule has 0 N–H and O–H groups in total. The molecule has 1 aromatic carbocycles. The van der Waals surface area contributed by atoms with E-state index < -0.39 is 0 Å². The molecule has 1 rings (SSSR count). The van der Waals surface area contributed by atoms with Crippen molar-refractivity contribution in [3.8, 4) is 0 Å². The Balaban J connectivity index is 2.44. The summed E-state index contributed by atoms with van der Waals surface area (Å²) >= 11 is 0. The number of hydrogen-bond donors (Lipinski definition) is 0. The lowest BCUT2D eigenvalue weighted by atomic mass is 9.95. The molecular formula is C60H118N2+2. The van der Waals surface area contributed by atoms with Crippen LogP contribution in [0.15, 0.2) is 24.3 Å². The maximum Gasteiger partial charge on any atom is 0.114 e. The summed E-state index contributed by atoms with van der Waals surface area (Å²) in [6.07, 6.45) is 61.8. The fourth-order valence-corrected chi connectivity index (χ4v) is 10.5. The fourth-order valence-electron chi connectivity index (χ4n) is 10.5. The van der Waals surface area contributed by atoms with Crippen molar-refractivity contribution < 1.29 is 8.97 Å². The standard InChI is InChI=1S/C60H118N2/c1-8-11-14-17-20-23-26-28-30-32-34-36-39-42-45-48-55-61(4,5)57-58-51-53-59(54-52-58)60(50-47-44-41-38-25-22-19-16-13-10-3)62(6,7)56-49-46-43-40-37-35-33-31-29-27-24-21-18-15-12-9-2/h51-54,60H,8-50,55-57H2,1-7H3/q+2. The number of nitrogens with zero attached hydrogens (tertiary/aromatic N) is 2. The van der Waals surface area contributed by atoms with Crippen molar-refractivity contribution in [3.05, 3.63) is 35.4 Å². The smallest absolute Gasteiger partial charge is 0.114 e. The molecule has 62 heavy (non-hydrogen) atoms. The molecule has 0 fully saturated rings. The van der Waals surface area contributed by atoms with E-state index in [1.807, 2.05) is 0 Å². The molecular weight excluding hydrogens is 749 g/mol. The van der Waals surface area contributed by atoms with E-state index in [1.54, 1.807) is 5.56 Å². The fraction of sp³-hybridized carbons (Fsp3) is 0.900. The highest BCUT2D eigenvalue weighted by Crippen LogP contribution is 2.32. The largest absolute Gasteiger partial charge is 0.325 e. The molecule has 0 aliphatic rings. The molecule has 0 amide bonds. The van der Waals surface area contributed by atoms with Gasteiger partial charge in [0.25, 0.3) is 0 Å². The van der Waals surface area contributed by atoms with Gasteiger partial charge >= 0.3 is 0 Å². The first-order chi connectivity index (χ1) is 30.3. The molecule has 0 heterocycles. The van der Waals surface area contributed by atoms with E-state index in [0.717, 1.165) is 15.5 Å². The van der Waals surface area contributed by atoms with Gasteiger partial charge in [0.15, 0.2) is 0 Å². The van der Waals surface area contributed by atoms with Crippen LogP contribution in [-0.2, 0) is 6.54 Å². The molecule has 0 saturated heterocycles. The van der Waals surface area contributed by atoms with Crippen LogP contribution < -0.4 is 0 Å². The Morgan fingerprint density at radius 1 is 0.306 bits per heavy atom. The average Bonchev–Trinajstić information content (AvgIpc) is 3.25. The van der Waals surface area contributed by atoms with Crippen molar-refractivity contribution in [3.63, 3.8) is 0 Å². The van der Waals surface area contributed by atoms with Crippen LogP contribution in [0, 0.1) is 0 Å². The van der Waals surface area contributed by atoms with E-state index >= 15 is 0 Å². The third-order valence-electron chi connectivity index (χ3n) is 14.9. The number of benzene rings is 1. The molecule has 2 nitrogen and oxygen atoms in total.